The molecule has 0 amide bonds. The van der Waals surface area contributed by atoms with E-state index in [1.807, 2.05) is 23.9 Å². The van der Waals surface area contributed by atoms with E-state index in [1.54, 1.807) is 6.33 Å². The number of imidazole rings is 1. The lowest BCUT2D eigenvalue weighted by molar-refractivity contribution is 0.631. The third-order valence-corrected chi connectivity index (χ3v) is 3.25. The predicted octanol–water partition coefficient (Wildman–Crippen LogP) is 2.57. The van der Waals surface area contributed by atoms with E-state index >= 15 is 0 Å². The average molecular weight is 259 g/mol. The lowest BCUT2D eigenvalue weighted by Gasteiger charge is -2.10. The zero-order valence-electron chi connectivity index (χ0n) is 10.6. The van der Waals surface area contributed by atoms with Gasteiger partial charge in [-0.05, 0) is 25.6 Å². The van der Waals surface area contributed by atoms with Crippen molar-refractivity contribution in [1.29, 1.82) is 0 Å². The first-order valence-corrected chi connectivity index (χ1v) is 6.55. The summed E-state index contributed by atoms with van der Waals surface area (Å²) in [5.41, 5.74) is 9.33. The molecule has 0 saturated heterocycles. The van der Waals surface area contributed by atoms with Crippen LogP contribution >= 0.6 is 12.6 Å². The molecule has 0 bridgehead atoms. The van der Waals surface area contributed by atoms with E-state index in [-0.39, 0.29) is 5.37 Å². The van der Waals surface area contributed by atoms with Crippen molar-refractivity contribution in [3.63, 3.8) is 0 Å². The number of hydrogen-bond acceptors (Lipinski definition) is 3. The summed E-state index contributed by atoms with van der Waals surface area (Å²) < 4.78 is 1.98. The molecule has 0 saturated carbocycles. The molecule has 3 nitrogen and oxygen atoms in total. The molecule has 1 aromatic rings. The fourth-order valence-electron chi connectivity index (χ4n) is 1.70. The standard InChI is InChI=1S/C14H17N3S/c1-3-11-4-6-12(7-5-11)13-9-17(10-16-13)14(18)8-15-2/h4,6,9-10,14-15,18H,3,8H2,1-2H3. The highest BCUT2D eigenvalue weighted by atomic mass is 32.1. The van der Waals surface area contributed by atoms with Gasteiger partial charge >= 0.3 is 0 Å². The van der Waals surface area contributed by atoms with Crippen LogP contribution in [0.4, 0.5) is 0 Å². The smallest absolute Gasteiger partial charge is 0.0966 e. The monoisotopic (exact) mass is 259 g/mol. The summed E-state index contributed by atoms with van der Waals surface area (Å²) in [6.07, 6.45) is 8.86. The Hall–Kier alpha value is -1.44. The number of rotatable bonds is 5. The summed E-state index contributed by atoms with van der Waals surface area (Å²) in [6, 6.07) is 0. The molecule has 0 spiro atoms. The van der Waals surface area contributed by atoms with E-state index in [4.69, 9.17) is 0 Å². The van der Waals surface area contributed by atoms with Gasteiger partial charge in [-0.1, -0.05) is 18.4 Å². The molecule has 1 aliphatic rings. The highest BCUT2D eigenvalue weighted by Gasteiger charge is 2.08. The second-order valence-corrected chi connectivity index (χ2v) is 4.72. The largest absolute Gasteiger partial charge is 0.323 e. The predicted molar refractivity (Wildman–Crippen MR) is 77.6 cm³/mol. The number of hydrogen-bond donors (Lipinski definition) is 2. The molecule has 1 N–H and O–H groups in total. The van der Waals surface area contributed by atoms with Gasteiger partial charge in [0.1, 0.15) is 0 Å². The molecule has 1 aliphatic carbocycles. The molecule has 1 aromatic heterocycles. The zero-order chi connectivity index (χ0) is 13.0. The second kappa shape index (κ2) is 5.94. The van der Waals surface area contributed by atoms with E-state index in [9.17, 15) is 0 Å². The minimum absolute atomic E-state index is 0.0927. The van der Waals surface area contributed by atoms with Crippen LogP contribution in [0, 0.1) is 0 Å². The number of allylic oxidation sites excluding steroid dienone is 4. The summed E-state index contributed by atoms with van der Waals surface area (Å²) in [5.74, 6) is 0. The number of nitrogens with one attached hydrogen (secondary N) is 1. The van der Waals surface area contributed by atoms with E-state index in [0.29, 0.717) is 0 Å². The lowest BCUT2D eigenvalue weighted by Crippen LogP contribution is -2.17. The van der Waals surface area contributed by atoms with Gasteiger partial charge in [0.25, 0.3) is 0 Å². The molecular formula is C14H17N3S. The minimum atomic E-state index is 0.0927. The summed E-state index contributed by atoms with van der Waals surface area (Å²) in [7, 11) is 1.91. The van der Waals surface area contributed by atoms with E-state index < -0.39 is 0 Å². The number of aromatic nitrogens is 2. The molecule has 0 radical (unpaired) electrons. The lowest BCUT2D eigenvalue weighted by atomic mass is 10.1. The molecule has 18 heavy (non-hydrogen) atoms. The first kappa shape index (κ1) is 13.0. The van der Waals surface area contributed by atoms with Crippen LogP contribution < -0.4 is 5.32 Å². The number of nitrogens with zero attached hydrogens (tertiary/aromatic N) is 2. The van der Waals surface area contributed by atoms with Gasteiger partial charge in [-0.25, -0.2) is 4.98 Å². The Balaban J connectivity index is 2.24. The SMILES string of the molecule is CCC1=C=C=C(c2cn(C(S)CNC)cn2)C=C1. The van der Waals surface area contributed by atoms with Gasteiger partial charge in [-0.15, -0.1) is 0 Å². The maximum absolute atomic E-state index is 4.50. The minimum Gasteiger partial charge on any atom is -0.323 e. The molecule has 1 heterocycles. The Morgan fingerprint density at radius 3 is 2.89 bits per heavy atom. The van der Waals surface area contributed by atoms with Gasteiger partial charge in [0, 0.05) is 18.3 Å². The van der Waals surface area contributed by atoms with E-state index in [2.05, 4.69) is 47.4 Å². The normalized spacial score (nSPS) is 15.5. The van der Waals surface area contributed by atoms with Crippen molar-refractivity contribution in [2.75, 3.05) is 13.6 Å². The van der Waals surface area contributed by atoms with Crippen LogP contribution in [0.5, 0.6) is 0 Å². The van der Waals surface area contributed by atoms with Crippen LogP contribution in [-0.4, -0.2) is 23.1 Å². The number of thiol groups is 1. The molecule has 4 heteroatoms. The quantitative estimate of drug-likeness (QED) is 0.629. The molecular weight excluding hydrogens is 242 g/mol. The Morgan fingerprint density at radius 1 is 1.44 bits per heavy atom. The average Bonchev–Trinajstić information content (AvgIpc) is 2.89. The first-order chi connectivity index (χ1) is 8.74. The van der Waals surface area contributed by atoms with E-state index in [0.717, 1.165) is 24.2 Å². The molecule has 0 aromatic carbocycles. The fourth-order valence-corrected chi connectivity index (χ4v) is 2.01. The third kappa shape index (κ3) is 2.87. The van der Waals surface area contributed by atoms with Gasteiger partial charge in [-0.3, -0.25) is 0 Å². The van der Waals surface area contributed by atoms with Crippen molar-refractivity contribution < 1.29 is 0 Å². The Morgan fingerprint density at radius 2 is 2.28 bits per heavy atom. The second-order valence-electron chi connectivity index (χ2n) is 4.12. The van der Waals surface area contributed by atoms with Gasteiger partial charge < -0.3 is 9.88 Å². The molecule has 0 aliphatic heterocycles. The summed E-state index contributed by atoms with van der Waals surface area (Å²) in [5, 5.41) is 3.18. The summed E-state index contributed by atoms with van der Waals surface area (Å²) >= 11 is 4.50. The van der Waals surface area contributed by atoms with Crippen molar-refractivity contribution in [3.05, 3.63) is 47.4 Å². The van der Waals surface area contributed by atoms with Crippen molar-refractivity contribution in [2.24, 2.45) is 0 Å². The molecule has 1 unspecified atom stereocenters. The molecule has 0 fully saturated rings. The Kier molecular flexibility index (Phi) is 4.29. The van der Waals surface area contributed by atoms with Crippen LogP contribution in [0.2, 0.25) is 0 Å². The maximum atomic E-state index is 4.50. The van der Waals surface area contributed by atoms with Crippen molar-refractivity contribution in [3.8, 4) is 0 Å². The van der Waals surface area contributed by atoms with Crippen LogP contribution in [0.15, 0.2) is 41.7 Å². The highest BCUT2D eigenvalue weighted by Crippen LogP contribution is 2.19. The first-order valence-electron chi connectivity index (χ1n) is 6.04. The van der Waals surface area contributed by atoms with Crippen LogP contribution in [0.1, 0.15) is 24.4 Å². The summed E-state index contributed by atoms with van der Waals surface area (Å²) in [6.45, 7) is 2.90. The van der Waals surface area contributed by atoms with Crippen LogP contribution in [-0.2, 0) is 0 Å². The highest BCUT2D eigenvalue weighted by molar-refractivity contribution is 7.80. The summed E-state index contributed by atoms with van der Waals surface area (Å²) in [4.78, 5) is 4.38. The Bertz CT molecular complexity index is 555. The van der Waals surface area contributed by atoms with Crippen molar-refractivity contribution >= 4 is 18.2 Å². The van der Waals surface area contributed by atoms with Gasteiger partial charge in [-0.2, -0.15) is 12.6 Å². The van der Waals surface area contributed by atoms with Gasteiger partial charge in [0.15, 0.2) is 0 Å². The maximum Gasteiger partial charge on any atom is 0.0966 e. The van der Waals surface area contributed by atoms with Crippen molar-refractivity contribution in [1.82, 2.24) is 14.9 Å². The topological polar surface area (TPSA) is 29.9 Å². The van der Waals surface area contributed by atoms with Gasteiger partial charge in [0.05, 0.1) is 23.0 Å². The van der Waals surface area contributed by atoms with Gasteiger partial charge in [0.2, 0.25) is 0 Å². The van der Waals surface area contributed by atoms with E-state index in [1.165, 1.54) is 5.57 Å². The van der Waals surface area contributed by atoms with Crippen LogP contribution in [0.25, 0.3) is 5.57 Å². The molecule has 1 atom stereocenters. The molecule has 2 rings (SSSR count). The fraction of sp³-hybridized carbons (Fsp3) is 0.357. The third-order valence-electron chi connectivity index (χ3n) is 2.80. The van der Waals surface area contributed by atoms with Crippen molar-refractivity contribution in [2.45, 2.75) is 18.7 Å². The number of likely N-dealkylation sites (N-methyl/N-ethyl adjacent to an activating group) is 1. The van der Waals surface area contributed by atoms with Crippen LogP contribution in [0.3, 0.4) is 0 Å². The Labute approximate surface area is 113 Å². The molecule has 94 valence electrons. The zero-order valence-corrected chi connectivity index (χ0v) is 11.5.